The Bertz CT molecular complexity index is 959. The minimum absolute atomic E-state index is 0.0363. The quantitative estimate of drug-likeness (QED) is 0.587. The van der Waals surface area contributed by atoms with Gasteiger partial charge in [-0.2, -0.15) is 0 Å². The number of ether oxygens (including phenoxy) is 1. The summed E-state index contributed by atoms with van der Waals surface area (Å²) in [5, 5.41) is 14.1. The Morgan fingerprint density at radius 3 is 2.76 bits per heavy atom. The number of rotatable bonds is 6. The summed E-state index contributed by atoms with van der Waals surface area (Å²) in [6.07, 6.45) is 1.89. The maximum Gasteiger partial charge on any atom is 0.224 e. The summed E-state index contributed by atoms with van der Waals surface area (Å²) < 4.78 is 6.78. The fourth-order valence-electron chi connectivity index (χ4n) is 3.59. The topological polar surface area (TPSA) is 106 Å². The molecule has 3 unspecified atom stereocenters. The number of amides is 1. The van der Waals surface area contributed by atoms with E-state index in [2.05, 4.69) is 38.6 Å². The van der Waals surface area contributed by atoms with Crippen LogP contribution < -0.4 is 20.9 Å². The van der Waals surface area contributed by atoms with Crippen LogP contribution in [-0.4, -0.2) is 39.3 Å². The lowest BCUT2D eigenvalue weighted by molar-refractivity contribution is -0.117. The van der Waals surface area contributed by atoms with Crippen LogP contribution in [-0.2, 0) is 4.79 Å². The van der Waals surface area contributed by atoms with Crippen LogP contribution >= 0.6 is 0 Å². The summed E-state index contributed by atoms with van der Waals surface area (Å²) in [5.41, 5.74) is 9.16. The predicted octanol–water partition coefficient (Wildman–Crippen LogP) is 1.85. The largest absolute Gasteiger partial charge is 0.497 e. The van der Waals surface area contributed by atoms with E-state index >= 15 is 0 Å². The minimum atomic E-state index is -0.0419. The van der Waals surface area contributed by atoms with Gasteiger partial charge in [-0.15, -0.1) is 5.10 Å². The standard InChI is InChI=1S/C20H23N7O2/c1-13-18(20(24-23-13)14-6-8-17(29-2)9-7-14)11-19(28)22-15-4-3-5-16(10-15)27-12-21-25-26-27/h3-10,12-13,18,20,23-24H,11H2,1-2H3,(H,22,28). The van der Waals surface area contributed by atoms with Crippen molar-refractivity contribution >= 4 is 11.6 Å². The lowest BCUT2D eigenvalue weighted by Crippen LogP contribution is -2.29. The summed E-state index contributed by atoms with van der Waals surface area (Å²) in [6.45, 7) is 2.08. The number of nitrogens with one attached hydrogen (secondary N) is 3. The lowest BCUT2D eigenvalue weighted by Gasteiger charge is -2.21. The molecule has 9 heteroatoms. The molecule has 3 aromatic rings. The van der Waals surface area contributed by atoms with Gasteiger partial charge in [0.25, 0.3) is 0 Å². The summed E-state index contributed by atoms with van der Waals surface area (Å²) in [4.78, 5) is 12.8. The van der Waals surface area contributed by atoms with Crippen LogP contribution in [0.25, 0.3) is 5.69 Å². The molecule has 3 atom stereocenters. The number of carbonyl (C=O) groups is 1. The van der Waals surface area contributed by atoms with Crippen molar-refractivity contribution in [3.05, 3.63) is 60.4 Å². The molecule has 0 spiro atoms. The molecule has 1 aromatic heterocycles. The van der Waals surface area contributed by atoms with Gasteiger partial charge in [-0.1, -0.05) is 18.2 Å². The van der Waals surface area contributed by atoms with Crippen molar-refractivity contribution in [3.63, 3.8) is 0 Å². The van der Waals surface area contributed by atoms with Crippen molar-refractivity contribution in [1.29, 1.82) is 0 Å². The van der Waals surface area contributed by atoms with Gasteiger partial charge in [0.2, 0.25) is 5.91 Å². The van der Waals surface area contributed by atoms with Crippen molar-refractivity contribution in [2.45, 2.75) is 25.4 Å². The zero-order valence-corrected chi connectivity index (χ0v) is 16.2. The zero-order valence-electron chi connectivity index (χ0n) is 16.2. The van der Waals surface area contributed by atoms with Gasteiger partial charge >= 0.3 is 0 Å². The van der Waals surface area contributed by atoms with Crippen LogP contribution in [0.5, 0.6) is 5.75 Å². The molecular weight excluding hydrogens is 370 g/mol. The van der Waals surface area contributed by atoms with Crippen LogP contribution in [0.1, 0.15) is 24.9 Å². The second kappa shape index (κ2) is 8.38. The molecule has 2 aromatic carbocycles. The second-order valence-corrected chi connectivity index (χ2v) is 7.05. The van der Waals surface area contributed by atoms with Gasteiger partial charge < -0.3 is 10.1 Å². The van der Waals surface area contributed by atoms with E-state index in [1.165, 1.54) is 6.33 Å². The Hall–Kier alpha value is -3.30. The molecule has 29 heavy (non-hydrogen) atoms. The van der Waals surface area contributed by atoms with Gasteiger partial charge in [0.1, 0.15) is 12.1 Å². The third-order valence-corrected chi connectivity index (χ3v) is 5.18. The Morgan fingerprint density at radius 2 is 2.03 bits per heavy atom. The SMILES string of the molecule is COc1ccc(C2NNC(C)C2CC(=O)Nc2cccc(-n3cnnn3)c2)cc1. The summed E-state index contributed by atoms with van der Waals surface area (Å²) in [6, 6.07) is 15.5. The molecule has 1 aliphatic heterocycles. The fourth-order valence-corrected chi connectivity index (χ4v) is 3.59. The van der Waals surface area contributed by atoms with Crippen LogP contribution in [0.3, 0.4) is 0 Å². The maximum absolute atomic E-state index is 12.8. The van der Waals surface area contributed by atoms with Crippen molar-refractivity contribution in [1.82, 2.24) is 31.1 Å². The number of hydrogen-bond acceptors (Lipinski definition) is 7. The minimum Gasteiger partial charge on any atom is -0.497 e. The van der Waals surface area contributed by atoms with E-state index in [4.69, 9.17) is 4.74 Å². The van der Waals surface area contributed by atoms with Gasteiger partial charge in [0, 0.05) is 24.1 Å². The molecule has 150 valence electrons. The molecular formula is C20H23N7O2. The first-order chi connectivity index (χ1) is 14.1. The highest BCUT2D eigenvalue weighted by atomic mass is 16.5. The molecule has 1 saturated heterocycles. The molecule has 4 rings (SSSR count). The monoisotopic (exact) mass is 393 g/mol. The smallest absolute Gasteiger partial charge is 0.224 e. The highest BCUT2D eigenvalue weighted by Crippen LogP contribution is 2.32. The number of tetrazole rings is 1. The first-order valence-electron chi connectivity index (χ1n) is 9.42. The number of hydrazine groups is 1. The van der Waals surface area contributed by atoms with E-state index in [1.54, 1.807) is 11.8 Å². The highest BCUT2D eigenvalue weighted by molar-refractivity contribution is 5.91. The number of benzene rings is 2. The third kappa shape index (κ3) is 4.25. The summed E-state index contributed by atoms with van der Waals surface area (Å²) >= 11 is 0. The van der Waals surface area contributed by atoms with Gasteiger partial charge in [-0.05, 0) is 53.2 Å². The average molecular weight is 393 g/mol. The zero-order chi connectivity index (χ0) is 20.2. The van der Waals surface area contributed by atoms with Crippen LogP contribution in [0.2, 0.25) is 0 Å². The normalized spacial score (nSPS) is 21.1. The number of aromatic nitrogens is 4. The number of anilines is 1. The molecule has 1 amide bonds. The first kappa shape index (κ1) is 19.0. The molecule has 1 fully saturated rings. The maximum atomic E-state index is 12.8. The molecule has 3 N–H and O–H groups in total. The van der Waals surface area contributed by atoms with E-state index < -0.39 is 0 Å². The highest BCUT2D eigenvalue weighted by Gasteiger charge is 2.35. The molecule has 0 saturated carbocycles. The average Bonchev–Trinajstić information content (AvgIpc) is 3.39. The van der Waals surface area contributed by atoms with Gasteiger partial charge in [0.15, 0.2) is 0 Å². The number of carbonyl (C=O) groups excluding carboxylic acids is 1. The van der Waals surface area contributed by atoms with Crippen molar-refractivity contribution < 1.29 is 9.53 Å². The second-order valence-electron chi connectivity index (χ2n) is 7.05. The van der Waals surface area contributed by atoms with E-state index in [9.17, 15) is 4.79 Å². The van der Waals surface area contributed by atoms with E-state index in [1.807, 2.05) is 48.5 Å². The van der Waals surface area contributed by atoms with Gasteiger partial charge in [-0.25, -0.2) is 10.1 Å². The predicted molar refractivity (Wildman–Crippen MR) is 107 cm³/mol. The van der Waals surface area contributed by atoms with Crippen LogP contribution in [0.15, 0.2) is 54.9 Å². The third-order valence-electron chi connectivity index (χ3n) is 5.18. The van der Waals surface area contributed by atoms with Crippen LogP contribution in [0, 0.1) is 5.92 Å². The molecule has 0 aliphatic carbocycles. The molecule has 1 aliphatic rings. The first-order valence-corrected chi connectivity index (χ1v) is 9.42. The van der Waals surface area contributed by atoms with E-state index in [0.717, 1.165) is 17.0 Å². The lowest BCUT2D eigenvalue weighted by atomic mass is 9.87. The summed E-state index contributed by atoms with van der Waals surface area (Å²) in [7, 11) is 1.65. The van der Waals surface area contributed by atoms with Crippen LogP contribution in [0.4, 0.5) is 5.69 Å². The van der Waals surface area contributed by atoms with Crippen molar-refractivity contribution in [3.8, 4) is 11.4 Å². The molecule has 0 bridgehead atoms. The van der Waals surface area contributed by atoms with E-state index in [0.29, 0.717) is 12.1 Å². The summed E-state index contributed by atoms with van der Waals surface area (Å²) in [5.74, 6) is 0.871. The molecule has 9 nitrogen and oxygen atoms in total. The molecule has 0 radical (unpaired) electrons. The van der Waals surface area contributed by atoms with Gasteiger partial charge in [-0.3, -0.25) is 10.2 Å². The number of methoxy groups -OCH3 is 1. The number of nitrogens with zero attached hydrogens (tertiary/aromatic N) is 4. The van der Waals surface area contributed by atoms with Gasteiger partial charge in [0.05, 0.1) is 18.8 Å². The Labute approximate surface area is 168 Å². The number of hydrogen-bond donors (Lipinski definition) is 3. The Balaban J connectivity index is 1.44. The van der Waals surface area contributed by atoms with Crippen molar-refractivity contribution in [2.24, 2.45) is 5.92 Å². The molecule has 2 heterocycles. The van der Waals surface area contributed by atoms with Crippen molar-refractivity contribution in [2.75, 3.05) is 12.4 Å². The Kier molecular flexibility index (Phi) is 5.50. The fraction of sp³-hybridized carbons (Fsp3) is 0.300. The Morgan fingerprint density at radius 1 is 1.21 bits per heavy atom. The van der Waals surface area contributed by atoms with E-state index in [-0.39, 0.29) is 23.9 Å².